The minimum atomic E-state index is -0.505. The molecule has 0 saturated carbocycles. The Balaban J connectivity index is 2.24. The van der Waals surface area contributed by atoms with Crippen molar-refractivity contribution in [1.82, 2.24) is 0 Å². The van der Waals surface area contributed by atoms with Crippen LogP contribution in [0.4, 0.5) is 15.8 Å². The molecule has 0 bridgehead atoms. The molecule has 0 aliphatic carbocycles. The normalized spacial score (nSPS) is 10.5. The van der Waals surface area contributed by atoms with Gasteiger partial charge < -0.3 is 5.32 Å². The van der Waals surface area contributed by atoms with Gasteiger partial charge in [-0.15, -0.1) is 0 Å². The molecule has 2 rings (SSSR count). The van der Waals surface area contributed by atoms with Crippen molar-refractivity contribution in [2.75, 3.05) is 5.32 Å². The second kappa shape index (κ2) is 6.22. The first-order chi connectivity index (χ1) is 9.88. The van der Waals surface area contributed by atoms with Crippen molar-refractivity contribution in [2.24, 2.45) is 0 Å². The quantitative estimate of drug-likeness (QED) is 0.639. The average Bonchev–Trinajstić information content (AvgIpc) is 2.42. The Bertz CT molecular complexity index is 681. The third-order valence-electron chi connectivity index (χ3n) is 3.16. The zero-order chi connectivity index (χ0) is 15.6. The SMILES string of the molecule is Cc1cc(NCc2cc(F)ccc2[N+](=O)[O-])cc(C)c1Br. The van der Waals surface area contributed by atoms with Gasteiger partial charge in [0.2, 0.25) is 0 Å². The molecule has 0 aromatic heterocycles. The molecular formula is C15H14BrFN2O2. The minimum Gasteiger partial charge on any atom is -0.381 e. The summed E-state index contributed by atoms with van der Waals surface area (Å²) in [5.41, 5.74) is 3.19. The van der Waals surface area contributed by atoms with Crippen LogP contribution in [-0.4, -0.2) is 4.92 Å². The summed E-state index contributed by atoms with van der Waals surface area (Å²) in [6.45, 7) is 4.12. The Morgan fingerprint density at radius 2 is 1.86 bits per heavy atom. The Kier molecular flexibility index (Phi) is 4.57. The summed E-state index contributed by atoms with van der Waals surface area (Å²) >= 11 is 3.48. The Labute approximate surface area is 130 Å². The minimum absolute atomic E-state index is 0.0885. The van der Waals surface area contributed by atoms with Crippen LogP contribution >= 0.6 is 15.9 Å². The van der Waals surface area contributed by atoms with Crippen molar-refractivity contribution in [1.29, 1.82) is 0 Å². The van der Waals surface area contributed by atoms with Crippen LogP contribution < -0.4 is 5.32 Å². The molecule has 2 aromatic carbocycles. The number of hydrogen-bond donors (Lipinski definition) is 1. The molecule has 4 nitrogen and oxygen atoms in total. The number of anilines is 1. The van der Waals surface area contributed by atoms with E-state index in [1.54, 1.807) is 0 Å². The van der Waals surface area contributed by atoms with Gasteiger partial charge in [0, 0.05) is 22.8 Å². The largest absolute Gasteiger partial charge is 0.381 e. The zero-order valence-corrected chi connectivity index (χ0v) is 13.2. The summed E-state index contributed by atoms with van der Waals surface area (Å²) < 4.78 is 14.3. The molecule has 1 N–H and O–H groups in total. The molecule has 6 heteroatoms. The van der Waals surface area contributed by atoms with Gasteiger partial charge >= 0.3 is 0 Å². The van der Waals surface area contributed by atoms with Gasteiger partial charge in [0.1, 0.15) is 5.82 Å². The lowest BCUT2D eigenvalue weighted by molar-refractivity contribution is -0.385. The molecule has 0 spiro atoms. The van der Waals surface area contributed by atoms with Crippen molar-refractivity contribution in [2.45, 2.75) is 20.4 Å². The third-order valence-corrected chi connectivity index (χ3v) is 4.41. The van der Waals surface area contributed by atoms with Gasteiger partial charge in [0.15, 0.2) is 0 Å². The van der Waals surface area contributed by atoms with Gasteiger partial charge in [-0.1, -0.05) is 15.9 Å². The van der Waals surface area contributed by atoms with E-state index in [4.69, 9.17) is 0 Å². The maximum absolute atomic E-state index is 13.3. The second-order valence-corrected chi connectivity index (χ2v) is 5.60. The fourth-order valence-electron chi connectivity index (χ4n) is 2.12. The van der Waals surface area contributed by atoms with Crippen LogP contribution in [0.15, 0.2) is 34.8 Å². The number of aryl methyl sites for hydroxylation is 2. The van der Waals surface area contributed by atoms with E-state index in [1.165, 1.54) is 12.1 Å². The summed E-state index contributed by atoms with van der Waals surface area (Å²) in [6.07, 6.45) is 0. The molecule has 0 unspecified atom stereocenters. The Hall–Kier alpha value is -1.95. The van der Waals surface area contributed by atoms with Crippen LogP contribution in [0.25, 0.3) is 0 Å². The van der Waals surface area contributed by atoms with Crippen LogP contribution in [0.3, 0.4) is 0 Å². The third kappa shape index (κ3) is 3.58. The summed E-state index contributed by atoms with van der Waals surface area (Å²) in [5, 5.41) is 14.0. The summed E-state index contributed by atoms with van der Waals surface area (Å²) in [6, 6.07) is 7.33. The highest BCUT2D eigenvalue weighted by Crippen LogP contribution is 2.26. The summed E-state index contributed by atoms with van der Waals surface area (Å²) in [5.74, 6) is -0.486. The molecule has 0 saturated heterocycles. The van der Waals surface area contributed by atoms with E-state index < -0.39 is 10.7 Å². The molecule has 0 radical (unpaired) electrons. The second-order valence-electron chi connectivity index (χ2n) is 4.81. The molecule has 0 aliphatic heterocycles. The van der Waals surface area contributed by atoms with Crippen LogP contribution in [-0.2, 0) is 6.54 Å². The van der Waals surface area contributed by atoms with Gasteiger partial charge in [0.25, 0.3) is 5.69 Å². The van der Waals surface area contributed by atoms with E-state index in [1.807, 2.05) is 26.0 Å². The predicted molar refractivity (Wildman–Crippen MR) is 84.0 cm³/mol. The number of nitro benzene ring substituents is 1. The number of rotatable bonds is 4. The Morgan fingerprint density at radius 1 is 1.24 bits per heavy atom. The summed E-state index contributed by atoms with van der Waals surface area (Å²) in [4.78, 5) is 10.4. The highest BCUT2D eigenvalue weighted by molar-refractivity contribution is 9.10. The molecule has 0 atom stereocenters. The van der Waals surface area contributed by atoms with Gasteiger partial charge in [-0.25, -0.2) is 4.39 Å². The van der Waals surface area contributed by atoms with Crippen molar-refractivity contribution in [3.63, 3.8) is 0 Å². The fraction of sp³-hybridized carbons (Fsp3) is 0.200. The number of nitrogens with one attached hydrogen (secondary N) is 1. The zero-order valence-electron chi connectivity index (χ0n) is 11.6. The standard InChI is InChI=1S/C15H14BrFN2O2/c1-9-5-13(6-10(2)15(9)16)18-8-11-7-12(17)3-4-14(11)19(20)21/h3-7,18H,8H2,1-2H3. The maximum atomic E-state index is 13.3. The maximum Gasteiger partial charge on any atom is 0.274 e. The number of nitrogens with zero attached hydrogens (tertiary/aromatic N) is 1. The van der Waals surface area contributed by atoms with Crippen LogP contribution in [0.1, 0.15) is 16.7 Å². The van der Waals surface area contributed by atoms with Crippen molar-refractivity contribution in [3.8, 4) is 0 Å². The number of benzene rings is 2. The smallest absolute Gasteiger partial charge is 0.274 e. The van der Waals surface area contributed by atoms with E-state index in [0.717, 1.165) is 27.4 Å². The van der Waals surface area contributed by atoms with Gasteiger partial charge in [-0.05, 0) is 49.2 Å². The molecule has 0 heterocycles. The van der Waals surface area contributed by atoms with E-state index in [9.17, 15) is 14.5 Å². The first kappa shape index (κ1) is 15.4. The van der Waals surface area contributed by atoms with E-state index >= 15 is 0 Å². The topological polar surface area (TPSA) is 55.2 Å². The van der Waals surface area contributed by atoms with E-state index in [-0.39, 0.29) is 12.2 Å². The lowest BCUT2D eigenvalue weighted by atomic mass is 10.1. The predicted octanol–water partition coefficient (Wildman–Crippen LogP) is 4.73. The number of hydrogen-bond acceptors (Lipinski definition) is 3. The molecule has 0 aliphatic rings. The first-order valence-electron chi connectivity index (χ1n) is 6.32. The van der Waals surface area contributed by atoms with E-state index in [2.05, 4.69) is 21.2 Å². The first-order valence-corrected chi connectivity index (χ1v) is 7.11. The molecule has 110 valence electrons. The Morgan fingerprint density at radius 3 is 2.43 bits per heavy atom. The fourth-order valence-corrected chi connectivity index (χ4v) is 2.35. The van der Waals surface area contributed by atoms with Gasteiger partial charge in [-0.2, -0.15) is 0 Å². The van der Waals surface area contributed by atoms with E-state index in [0.29, 0.717) is 5.56 Å². The van der Waals surface area contributed by atoms with Gasteiger partial charge in [0.05, 0.1) is 10.5 Å². The monoisotopic (exact) mass is 352 g/mol. The van der Waals surface area contributed by atoms with Crippen molar-refractivity contribution < 1.29 is 9.31 Å². The summed E-state index contributed by atoms with van der Waals surface area (Å²) in [7, 11) is 0. The lowest BCUT2D eigenvalue weighted by Gasteiger charge is -2.11. The number of halogens is 2. The highest BCUT2D eigenvalue weighted by Gasteiger charge is 2.14. The van der Waals surface area contributed by atoms with Crippen LogP contribution in [0.5, 0.6) is 0 Å². The molecule has 2 aromatic rings. The van der Waals surface area contributed by atoms with Crippen LogP contribution in [0.2, 0.25) is 0 Å². The van der Waals surface area contributed by atoms with Crippen molar-refractivity contribution >= 4 is 27.3 Å². The lowest BCUT2D eigenvalue weighted by Crippen LogP contribution is -2.04. The number of nitro groups is 1. The highest BCUT2D eigenvalue weighted by atomic mass is 79.9. The molecule has 0 fully saturated rings. The molecule has 0 amide bonds. The van der Waals surface area contributed by atoms with Crippen molar-refractivity contribution in [3.05, 3.63) is 67.4 Å². The molecule has 21 heavy (non-hydrogen) atoms. The van der Waals surface area contributed by atoms with Crippen LogP contribution in [0, 0.1) is 29.8 Å². The molecular weight excluding hydrogens is 339 g/mol. The van der Waals surface area contributed by atoms with Gasteiger partial charge in [-0.3, -0.25) is 10.1 Å². The average molecular weight is 353 g/mol.